The normalized spacial score (nSPS) is 11.6. The zero-order valence-electron chi connectivity index (χ0n) is 9.92. The predicted molar refractivity (Wildman–Crippen MR) is 68.6 cm³/mol. The van der Waals surface area contributed by atoms with Gasteiger partial charge in [-0.15, -0.1) is 0 Å². The van der Waals surface area contributed by atoms with Gasteiger partial charge >= 0.3 is 0 Å². The molecule has 0 aromatic carbocycles. The van der Waals surface area contributed by atoms with Crippen LogP contribution in [0.25, 0.3) is 0 Å². The Kier molecular flexibility index (Phi) is 5.72. The van der Waals surface area contributed by atoms with Crippen molar-refractivity contribution in [1.29, 1.82) is 0 Å². The molecular formula is C11H16ClN3O2. The van der Waals surface area contributed by atoms with Gasteiger partial charge in [-0.3, -0.25) is 4.79 Å². The van der Waals surface area contributed by atoms with Crippen molar-refractivity contribution in [2.75, 3.05) is 25.1 Å². The third-order valence-corrected chi connectivity index (χ3v) is 2.58. The number of hydrogen-bond acceptors (Lipinski definition) is 4. The van der Waals surface area contributed by atoms with Gasteiger partial charge < -0.3 is 10.1 Å². The van der Waals surface area contributed by atoms with Crippen LogP contribution in [0.4, 0.5) is 5.69 Å². The van der Waals surface area contributed by atoms with Crippen LogP contribution in [0.5, 0.6) is 0 Å². The molecule has 1 aromatic heterocycles. The van der Waals surface area contributed by atoms with Gasteiger partial charge in [0, 0.05) is 13.2 Å². The molecule has 0 amide bonds. The van der Waals surface area contributed by atoms with E-state index < -0.39 is 5.56 Å². The topological polar surface area (TPSA) is 67.0 Å². The van der Waals surface area contributed by atoms with Crippen molar-refractivity contribution >= 4 is 17.3 Å². The lowest BCUT2D eigenvalue weighted by Crippen LogP contribution is -2.15. The highest BCUT2D eigenvalue weighted by Crippen LogP contribution is 2.14. The molecule has 0 bridgehead atoms. The van der Waals surface area contributed by atoms with E-state index in [1.54, 1.807) is 0 Å². The predicted octanol–water partition coefficient (Wildman–Crippen LogP) is 1.82. The Morgan fingerprint density at radius 1 is 1.71 bits per heavy atom. The summed E-state index contributed by atoms with van der Waals surface area (Å²) >= 11 is 5.83. The molecule has 6 heteroatoms. The maximum Gasteiger partial charge on any atom is 0.285 e. The van der Waals surface area contributed by atoms with Gasteiger partial charge in [0.2, 0.25) is 0 Å². The lowest BCUT2D eigenvalue weighted by Gasteiger charge is -2.10. The zero-order valence-corrected chi connectivity index (χ0v) is 10.7. The van der Waals surface area contributed by atoms with Gasteiger partial charge in [0.15, 0.2) is 0 Å². The van der Waals surface area contributed by atoms with Crippen LogP contribution in [0.1, 0.15) is 13.8 Å². The van der Waals surface area contributed by atoms with Crippen molar-refractivity contribution in [3.8, 4) is 0 Å². The number of aromatic nitrogens is 2. The van der Waals surface area contributed by atoms with E-state index in [0.29, 0.717) is 25.4 Å². The zero-order chi connectivity index (χ0) is 12.7. The van der Waals surface area contributed by atoms with Crippen LogP contribution in [0, 0.1) is 0 Å². The average Bonchev–Trinajstić information content (AvgIpc) is 2.34. The SMILES string of the molecule is C/C=C(/CNc1cn[nH]c(=O)c1Cl)COCC. The highest BCUT2D eigenvalue weighted by Gasteiger charge is 2.05. The van der Waals surface area contributed by atoms with Crippen LogP contribution in [0.3, 0.4) is 0 Å². The molecule has 0 fully saturated rings. The van der Waals surface area contributed by atoms with Gasteiger partial charge in [-0.25, -0.2) is 5.10 Å². The molecule has 5 nitrogen and oxygen atoms in total. The number of nitrogens with zero attached hydrogens (tertiary/aromatic N) is 1. The summed E-state index contributed by atoms with van der Waals surface area (Å²) in [4.78, 5) is 11.2. The summed E-state index contributed by atoms with van der Waals surface area (Å²) in [5.74, 6) is 0. The molecule has 0 spiro atoms. The number of rotatable bonds is 6. The molecule has 0 saturated heterocycles. The highest BCUT2D eigenvalue weighted by molar-refractivity contribution is 6.32. The summed E-state index contributed by atoms with van der Waals surface area (Å²) in [6.07, 6.45) is 3.45. The lowest BCUT2D eigenvalue weighted by atomic mass is 10.2. The third-order valence-electron chi connectivity index (χ3n) is 2.20. The Labute approximate surface area is 105 Å². The molecule has 0 saturated carbocycles. The van der Waals surface area contributed by atoms with E-state index in [1.807, 2.05) is 19.9 Å². The van der Waals surface area contributed by atoms with Gasteiger partial charge in [0.25, 0.3) is 5.56 Å². The van der Waals surface area contributed by atoms with E-state index >= 15 is 0 Å². The van der Waals surface area contributed by atoms with Crippen LogP contribution in [-0.4, -0.2) is 30.0 Å². The number of nitrogens with one attached hydrogen (secondary N) is 2. The Hall–Kier alpha value is -1.33. The summed E-state index contributed by atoms with van der Waals surface area (Å²) in [6.45, 7) is 5.69. The number of allylic oxidation sites excluding steroid dienone is 1. The Morgan fingerprint density at radius 3 is 3.12 bits per heavy atom. The minimum atomic E-state index is -0.400. The first-order valence-electron chi connectivity index (χ1n) is 5.37. The van der Waals surface area contributed by atoms with E-state index in [4.69, 9.17) is 16.3 Å². The van der Waals surface area contributed by atoms with Crippen LogP contribution in [-0.2, 0) is 4.74 Å². The number of hydrogen-bond donors (Lipinski definition) is 2. The Morgan fingerprint density at radius 2 is 2.47 bits per heavy atom. The molecular weight excluding hydrogens is 242 g/mol. The Balaban J connectivity index is 2.60. The van der Waals surface area contributed by atoms with E-state index in [9.17, 15) is 4.79 Å². The summed E-state index contributed by atoms with van der Waals surface area (Å²) in [5, 5.41) is 9.10. The minimum Gasteiger partial charge on any atom is -0.379 e. The molecule has 1 rings (SSSR count). The summed E-state index contributed by atoms with van der Waals surface area (Å²) in [5.41, 5.74) is 1.21. The van der Waals surface area contributed by atoms with Gasteiger partial charge in [0.05, 0.1) is 18.5 Å². The number of ether oxygens (including phenoxy) is 1. The molecule has 1 heterocycles. The van der Waals surface area contributed by atoms with E-state index in [2.05, 4.69) is 15.5 Å². The van der Waals surface area contributed by atoms with Gasteiger partial charge in [0.1, 0.15) is 5.02 Å². The van der Waals surface area contributed by atoms with Gasteiger partial charge in [-0.05, 0) is 19.4 Å². The quantitative estimate of drug-likeness (QED) is 0.763. The number of halogens is 1. The fourth-order valence-corrected chi connectivity index (χ4v) is 1.34. The first kappa shape index (κ1) is 13.7. The average molecular weight is 258 g/mol. The maximum absolute atomic E-state index is 11.2. The van der Waals surface area contributed by atoms with Gasteiger partial charge in [-0.1, -0.05) is 17.7 Å². The molecule has 17 heavy (non-hydrogen) atoms. The van der Waals surface area contributed by atoms with Crippen LogP contribution in [0.15, 0.2) is 22.6 Å². The molecule has 0 aliphatic rings. The molecule has 1 aromatic rings. The van der Waals surface area contributed by atoms with Crippen molar-refractivity contribution in [3.63, 3.8) is 0 Å². The lowest BCUT2D eigenvalue weighted by molar-refractivity contribution is 0.170. The third kappa shape index (κ3) is 4.20. The first-order valence-corrected chi connectivity index (χ1v) is 5.75. The molecule has 0 radical (unpaired) electrons. The summed E-state index contributed by atoms with van der Waals surface area (Å²) < 4.78 is 5.30. The fourth-order valence-electron chi connectivity index (χ4n) is 1.19. The second-order valence-corrected chi connectivity index (χ2v) is 3.74. The second kappa shape index (κ2) is 7.09. The number of aromatic amines is 1. The van der Waals surface area contributed by atoms with Crippen LogP contribution >= 0.6 is 11.6 Å². The molecule has 94 valence electrons. The monoisotopic (exact) mass is 257 g/mol. The minimum absolute atomic E-state index is 0.117. The summed E-state index contributed by atoms with van der Waals surface area (Å²) in [7, 11) is 0. The second-order valence-electron chi connectivity index (χ2n) is 3.36. The van der Waals surface area contributed by atoms with Crippen molar-refractivity contribution in [2.24, 2.45) is 0 Å². The largest absolute Gasteiger partial charge is 0.379 e. The van der Waals surface area contributed by atoms with Crippen molar-refractivity contribution < 1.29 is 4.74 Å². The standard InChI is InChI=1S/C11H16ClN3O2/c1-3-8(7-17-4-2)5-13-9-6-14-15-11(16)10(9)12/h3,6H,4-5,7H2,1-2H3,(H2,13,15,16)/b8-3-. The maximum atomic E-state index is 11.2. The van der Waals surface area contributed by atoms with Gasteiger partial charge in [-0.2, -0.15) is 5.10 Å². The van der Waals surface area contributed by atoms with Crippen LogP contribution < -0.4 is 10.9 Å². The van der Waals surface area contributed by atoms with Crippen molar-refractivity contribution in [2.45, 2.75) is 13.8 Å². The van der Waals surface area contributed by atoms with Crippen molar-refractivity contribution in [1.82, 2.24) is 10.2 Å². The number of H-pyrrole nitrogens is 1. The molecule has 2 N–H and O–H groups in total. The first-order chi connectivity index (χ1) is 8.19. The summed E-state index contributed by atoms with van der Waals surface area (Å²) in [6, 6.07) is 0. The van der Waals surface area contributed by atoms with Crippen LogP contribution in [0.2, 0.25) is 5.02 Å². The fraction of sp³-hybridized carbons (Fsp3) is 0.455. The van der Waals surface area contributed by atoms with E-state index in [1.165, 1.54) is 6.20 Å². The molecule has 0 unspecified atom stereocenters. The molecule has 0 aliphatic heterocycles. The van der Waals surface area contributed by atoms with E-state index in [0.717, 1.165) is 5.57 Å². The Bertz CT molecular complexity index is 443. The molecule has 0 atom stereocenters. The van der Waals surface area contributed by atoms with E-state index in [-0.39, 0.29) is 5.02 Å². The molecule has 0 aliphatic carbocycles. The smallest absolute Gasteiger partial charge is 0.285 e. The number of anilines is 1. The highest BCUT2D eigenvalue weighted by atomic mass is 35.5. The van der Waals surface area contributed by atoms with Crippen molar-refractivity contribution in [3.05, 3.63) is 33.2 Å².